The van der Waals surface area contributed by atoms with E-state index in [9.17, 15) is 4.79 Å². The number of nitrogens with zero attached hydrogens (tertiary/aromatic N) is 5. The first-order valence-corrected chi connectivity index (χ1v) is 11.0. The van der Waals surface area contributed by atoms with Crippen LogP contribution in [-0.2, 0) is 18.4 Å². The van der Waals surface area contributed by atoms with E-state index < -0.39 is 0 Å². The van der Waals surface area contributed by atoms with Crippen LogP contribution in [0.1, 0.15) is 71.4 Å². The van der Waals surface area contributed by atoms with Crippen molar-refractivity contribution in [2.24, 2.45) is 7.05 Å². The monoisotopic (exact) mass is 437 g/mol. The molecule has 2 atom stereocenters. The quantitative estimate of drug-likeness (QED) is 0.556. The fourth-order valence-electron chi connectivity index (χ4n) is 4.36. The largest absolute Gasteiger partial charge is 0.473 e. The number of rotatable bonds is 8. The second-order valence-corrected chi connectivity index (χ2v) is 8.56. The minimum absolute atomic E-state index is 0.101. The van der Waals surface area contributed by atoms with Crippen molar-refractivity contribution in [3.63, 3.8) is 0 Å². The lowest BCUT2D eigenvalue weighted by atomic mass is 10.0. The first-order chi connectivity index (χ1) is 15.6. The van der Waals surface area contributed by atoms with Crippen molar-refractivity contribution in [3.05, 3.63) is 47.0 Å². The van der Waals surface area contributed by atoms with Gasteiger partial charge in [-0.1, -0.05) is 0 Å². The molecule has 0 aromatic carbocycles. The summed E-state index contributed by atoms with van der Waals surface area (Å²) in [6.45, 7) is 0.356. The number of carbonyl (C=O) groups excluding carboxylic acids is 1. The highest BCUT2D eigenvalue weighted by atomic mass is 16.5. The van der Waals surface area contributed by atoms with Gasteiger partial charge in [0.15, 0.2) is 5.82 Å². The molecule has 168 valence electrons. The van der Waals surface area contributed by atoms with Gasteiger partial charge < -0.3 is 14.8 Å². The zero-order valence-electron chi connectivity index (χ0n) is 18.2. The van der Waals surface area contributed by atoms with E-state index in [1.165, 1.54) is 18.4 Å². The highest BCUT2D eigenvalue weighted by Crippen LogP contribution is 2.44. The molecule has 1 amide bonds. The number of amides is 1. The Balaban J connectivity index is 1.20. The van der Waals surface area contributed by atoms with Gasteiger partial charge in [0.25, 0.3) is 5.91 Å². The average Bonchev–Trinajstić information content (AvgIpc) is 3.15. The van der Waals surface area contributed by atoms with Crippen LogP contribution in [0.15, 0.2) is 24.4 Å². The topological polar surface area (TPSA) is 120 Å². The van der Waals surface area contributed by atoms with E-state index in [-0.39, 0.29) is 12.0 Å². The van der Waals surface area contributed by atoms with Gasteiger partial charge in [0, 0.05) is 37.4 Å². The molecule has 0 spiro atoms. The second kappa shape index (κ2) is 8.70. The van der Waals surface area contributed by atoms with Crippen molar-refractivity contribution in [3.8, 4) is 5.88 Å². The molecule has 3 aromatic rings. The van der Waals surface area contributed by atoms with E-state index in [1.807, 2.05) is 12.1 Å². The molecule has 32 heavy (non-hydrogen) atoms. The van der Waals surface area contributed by atoms with Crippen molar-refractivity contribution in [1.29, 1.82) is 0 Å². The van der Waals surface area contributed by atoms with Gasteiger partial charge in [-0.05, 0) is 50.2 Å². The van der Waals surface area contributed by atoms with Gasteiger partial charge in [-0.15, -0.1) is 5.10 Å². The Kier molecular flexibility index (Phi) is 5.60. The molecule has 0 aliphatic heterocycles. The van der Waals surface area contributed by atoms with Crippen LogP contribution in [0.3, 0.4) is 0 Å². The summed E-state index contributed by atoms with van der Waals surface area (Å²) in [5.74, 6) is 1.78. The van der Waals surface area contributed by atoms with Crippen LogP contribution >= 0.6 is 0 Å². The third kappa shape index (κ3) is 4.36. The molecule has 0 unspecified atom stereocenters. The Bertz CT molecular complexity index is 1100. The van der Waals surface area contributed by atoms with Crippen molar-refractivity contribution >= 4 is 11.7 Å². The van der Waals surface area contributed by atoms with Crippen LogP contribution in [0.2, 0.25) is 0 Å². The summed E-state index contributed by atoms with van der Waals surface area (Å²) in [6, 6.07) is 5.64. The number of methoxy groups -OCH3 is 1. The van der Waals surface area contributed by atoms with Crippen molar-refractivity contribution in [2.75, 3.05) is 12.4 Å². The Morgan fingerprint density at radius 3 is 2.91 bits per heavy atom. The SMILES string of the molecule is COCc1cc(C(=O)Nc2cc([C@H]3CC[C@@H](Oc4nnccc4C4CC4)C3)[nH]n2)n(C)n1. The van der Waals surface area contributed by atoms with Gasteiger partial charge in [0.2, 0.25) is 5.88 Å². The van der Waals surface area contributed by atoms with E-state index in [2.05, 4.69) is 30.8 Å². The molecule has 2 N–H and O–H groups in total. The maximum atomic E-state index is 12.6. The summed E-state index contributed by atoms with van der Waals surface area (Å²) in [5, 5.41) is 22.7. The number of aromatic amines is 1. The molecule has 0 bridgehead atoms. The Morgan fingerprint density at radius 1 is 1.25 bits per heavy atom. The zero-order chi connectivity index (χ0) is 22.1. The van der Waals surface area contributed by atoms with Crippen LogP contribution in [0.25, 0.3) is 0 Å². The summed E-state index contributed by atoms with van der Waals surface area (Å²) in [6.07, 6.45) is 7.05. The lowest BCUT2D eigenvalue weighted by Gasteiger charge is -2.15. The van der Waals surface area contributed by atoms with Crippen LogP contribution < -0.4 is 10.1 Å². The fourth-order valence-corrected chi connectivity index (χ4v) is 4.36. The molecule has 2 aliphatic carbocycles. The molecule has 10 heteroatoms. The van der Waals surface area contributed by atoms with Crippen molar-refractivity contribution in [2.45, 2.75) is 56.7 Å². The van der Waals surface area contributed by atoms with Crippen molar-refractivity contribution < 1.29 is 14.3 Å². The van der Waals surface area contributed by atoms with Gasteiger partial charge in [-0.3, -0.25) is 14.6 Å². The molecule has 3 aromatic heterocycles. The van der Waals surface area contributed by atoms with Crippen LogP contribution in [0.5, 0.6) is 5.88 Å². The lowest BCUT2D eigenvalue weighted by molar-refractivity contribution is 0.101. The van der Waals surface area contributed by atoms with Gasteiger partial charge in [-0.25, -0.2) is 0 Å². The number of carbonyl (C=O) groups is 1. The first kappa shape index (κ1) is 20.6. The number of anilines is 1. The molecule has 10 nitrogen and oxygen atoms in total. The third-order valence-electron chi connectivity index (χ3n) is 6.13. The van der Waals surface area contributed by atoms with Crippen LogP contribution in [0.4, 0.5) is 5.82 Å². The van der Waals surface area contributed by atoms with E-state index in [1.54, 1.807) is 31.1 Å². The predicted molar refractivity (Wildman–Crippen MR) is 115 cm³/mol. The van der Waals surface area contributed by atoms with E-state index in [0.717, 1.165) is 25.0 Å². The number of hydrogen-bond donors (Lipinski definition) is 2. The van der Waals surface area contributed by atoms with Crippen LogP contribution in [0, 0.1) is 0 Å². The number of ether oxygens (including phenoxy) is 2. The van der Waals surface area contributed by atoms with E-state index >= 15 is 0 Å². The highest BCUT2D eigenvalue weighted by Gasteiger charge is 2.32. The minimum atomic E-state index is -0.261. The number of nitrogens with one attached hydrogen (secondary N) is 2. The molecule has 2 aliphatic rings. The highest BCUT2D eigenvalue weighted by molar-refractivity contribution is 6.02. The summed E-state index contributed by atoms with van der Waals surface area (Å²) < 4.78 is 12.8. The number of hydrogen-bond acceptors (Lipinski definition) is 7. The molecular formula is C22H27N7O3. The first-order valence-electron chi connectivity index (χ1n) is 11.0. The molecular weight excluding hydrogens is 410 g/mol. The maximum absolute atomic E-state index is 12.6. The summed E-state index contributed by atoms with van der Waals surface area (Å²) >= 11 is 0. The predicted octanol–water partition coefficient (Wildman–Crippen LogP) is 2.92. The average molecular weight is 438 g/mol. The van der Waals surface area contributed by atoms with E-state index in [0.29, 0.717) is 41.5 Å². The second-order valence-electron chi connectivity index (χ2n) is 8.56. The fraction of sp³-hybridized carbons (Fsp3) is 0.500. The minimum Gasteiger partial charge on any atom is -0.473 e. The van der Waals surface area contributed by atoms with Crippen LogP contribution in [-0.4, -0.2) is 49.3 Å². The normalized spacial score (nSPS) is 20.4. The Morgan fingerprint density at radius 2 is 2.09 bits per heavy atom. The number of aromatic nitrogens is 6. The maximum Gasteiger partial charge on any atom is 0.275 e. The summed E-state index contributed by atoms with van der Waals surface area (Å²) in [7, 11) is 3.33. The molecule has 2 saturated carbocycles. The zero-order valence-corrected chi connectivity index (χ0v) is 18.2. The molecule has 5 rings (SSSR count). The van der Waals surface area contributed by atoms with Gasteiger partial charge >= 0.3 is 0 Å². The summed E-state index contributed by atoms with van der Waals surface area (Å²) in [4.78, 5) is 12.6. The lowest BCUT2D eigenvalue weighted by Crippen LogP contribution is -2.16. The van der Waals surface area contributed by atoms with Gasteiger partial charge in [0.1, 0.15) is 11.8 Å². The molecule has 2 fully saturated rings. The summed E-state index contributed by atoms with van der Waals surface area (Å²) in [5.41, 5.74) is 3.33. The van der Waals surface area contributed by atoms with Gasteiger partial charge in [-0.2, -0.15) is 15.3 Å². The number of H-pyrrole nitrogens is 1. The molecule has 3 heterocycles. The van der Waals surface area contributed by atoms with Crippen molar-refractivity contribution in [1.82, 2.24) is 30.2 Å². The molecule has 0 radical (unpaired) electrons. The standard InChI is InChI=1S/C22H27N7O3/c1-29-19(10-15(28-29)12-31-2)21(30)24-20-11-18(25-26-20)14-5-6-16(9-14)32-22-17(13-3-4-13)7-8-23-27-22/h7-8,10-11,13-14,16H,3-6,9,12H2,1-2H3,(H2,24,25,26,30)/t14-,16+/m0/s1. The Hall–Kier alpha value is -3.27. The van der Waals surface area contributed by atoms with E-state index in [4.69, 9.17) is 9.47 Å². The third-order valence-corrected chi connectivity index (χ3v) is 6.13. The molecule has 0 saturated heterocycles. The van der Waals surface area contributed by atoms with Gasteiger partial charge in [0.05, 0.1) is 18.5 Å². The smallest absolute Gasteiger partial charge is 0.275 e. The number of aryl methyl sites for hydroxylation is 1. The Labute approximate surface area is 185 Å².